The second kappa shape index (κ2) is 33.2. The van der Waals surface area contributed by atoms with E-state index in [1.54, 1.807) is 39.3 Å². The molecule has 0 N–H and O–H groups in total. The topological polar surface area (TPSA) is 111 Å². The number of fused-ring (bicyclic) bond motifs is 8. The van der Waals surface area contributed by atoms with Crippen LogP contribution in [0.2, 0.25) is 0 Å². The van der Waals surface area contributed by atoms with Crippen molar-refractivity contribution in [3.05, 3.63) is 0 Å². The summed E-state index contributed by atoms with van der Waals surface area (Å²) in [5.41, 5.74) is -1.66. The maximum absolute atomic E-state index is 8.02. The summed E-state index contributed by atoms with van der Waals surface area (Å²) in [6, 6.07) is 0. The summed E-state index contributed by atoms with van der Waals surface area (Å²) in [5.74, 6) is 1.27. The Labute approximate surface area is 654 Å². The maximum atomic E-state index is 8.02. The monoisotopic (exact) mass is 1730 g/mol. The Kier molecular flexibility index (Phi) is 29.8. The quantitative estimate of drug-likeness (QED) is 0.0168. The largest absolute Gasteiger partial charge is 0.518 e. The molecule has 574 valence electrons. The van der Waals surface area contributed by atoms with Crippen molar-refractivity contribution in [2.45, 2.75) is 284 Å². The van der Waals surface area contributed by atoms with Gasteiger partial charge in [-0.1, -0.05) is 27.7 Å². The van der Waals surface area contributed by atoms with Gasteiger partial charge in [0.25, 0.3) is 0 Å². The van der Waals surface area contributed by atoms with Gasteiger partial charge in [-0.2, -0.15) is 0 Å². The Morgan fingerprint density at radius 1 is 0.278 bits per heavy atom. The summed E-state index contributed by atoms with van der Waals surface area (Å²) in [6.07, 6.45) is 20.8. The molecule has 97 heavy (non-hydrogen) atoms. The minimum absolute atomic E-state index is 0.318. The first-order valence-electron chi connectivity index (χ1n) is 37.5. The van der Waals surface area contributed by atoms with Crippen molar-refractivity contribution < 1.29 is 53.1 Å². The lowest BCUT2D eigenvalue weighted by molar-refractivity contribution is 0.0323. The molecule has 9 rings (SSSR count). The lowest BCUT2D eigenvalue weighted by Gasteiger charge is -2.84. The SMILES string of the molecule is CCO[Si](OCC)(OCC)C1(S(S)(SS)C2(S(S)(SS)C3([Si](OCC)(OCC)OCC)CC4CCC3(CC)C4)CCCC2(S(S)(SS)C2([Si](OCC)(OCC)OCC)CC3CCC2(CC)C3)S(S)(SS)C2([Si](OCC)(OCC)OCC)CC3CCC2(CC)C3)CC2CCC1(CC)C2. The van der Waals surface area contributed by atoms with E-state index < -0.39 is 115 Å². The second-order valence-corrected chi connectivity index (χ2v) is 75.6. The third kappa shape index (κ3) is 11.1. The fourth-order valence-electron chi connectivity index (χ4n) is 24.6. The van der Waals surface area contributed by atoms with E-state index in [1.807, 2.05) is 0 Å². The first-order chi connectivity index (χ1) is 46.3. The van der Waals surface area contributed by atoms with E-state index in [9.17, 15) is 0 Å². The molecule has 12 nitrogen and oxygen atoms in total. The van der Waals surface area contributed by atoms with Crippen LogP contribution in [-0.2, 0) is 53.1 Å². The van der Waals surface area contributed by atoms with E-state index in [0.29, 0.717) is 116 Å². The zero-order valence-corrected chi connectivity index (χ0v) is 79.5. The van der Waals surface area contributed by atoms with E-state index >= 15 is 0 Å². The zero-order chi connectivity index (χ0) is 71.4. The number of rotatable bonds is 44. The van der Waals surface area contributed by atoms with Gasteiger partial charge in [-0.3, -0.25) is 0 Å². The van der Waals surface area contributed by atoms with Crippen molar-refractivity contribution in [3.8, 4) is 0 Å². The molecule has 8 bridgehead atoms. The molecule has 0 heterocycles. The Morgan fingerprint density at radius 3 is 0.567 bits per heavy atom. The number of hydrogen-bond acceptors (Lipinski definition) is 24. The average Bonchev–Trinajstić information content (AvgIpc) is 1.56. The lowest BCUT2D eigenvalue weighted by Crippen LogP contribution is -2.81. The average molecular weight is 1730 g/mol. The van der Waals surface area contributed by atoms with E-state index in [1.165, 1.54) is 0 Å². The molecule has 0 aliphatic heterocycles. The van der Waals surface area contributed by atoms with Gasteiger partial charge in [0, 0.05) is 79.3 Å². The molecule has 0 radical (unpaired) electrons. The first kappa shape index (κ1) is 87.0. The maximum Gasteiger partial charge on any atom is 0.518 e. The van der Waals surface area contributed by atoms with Crippen LogP contribution >= 0.6 is 165 Å². The van der Waals surface area contributed by atoms with Crippen LogP contribution in [0.5, 0.6) is 0 Å². The van der Waals surface area contributed by atoms with Crippen molar-refractivity contribution in [1.82, 2.24) is 0 Å². The van der Waals surface area contributed by atoms with E-state index in [2.05, 4.69) is 111 Å². The van der Waals surface area contributed by atoms with Crippen LogP contribution in [-0.4, -0.2) is 140 Å². The third-order valence-electron chi connectivity index (χ3n) is 27.0. The fourth-order valence-corrected chi connectivity index (χ4v) is 122. The van der Waals surface area contributed by atoms with Crippen LogP contribution in [0.4, 0.5) is 0 Å². The summed E-state index contributed by atoms with van der Waals surface area (Å²) in [6.45, 7) is 40.4. The summed E-state index contributed by atoms with van der Waals surface area (Å²) in [4.78, 5) is 0. The molecule has 16 unspecified atom stereocenters. The molecule has 9 aliphatic carbocycles. The predicted molar refractivity (Wildman–Crippen MR) is 464 cm³/mol. The van der Waals surface area contributed by atoms with Gasteiger partial charge in [0.1, 0.15) is 0 Å². The van der Waals surface area contributed by atoms with Crippen molar-refractivity contribution in [1.29, 1.82) is 0 Å². The highest BCUT2D eigenvalue weighted by Gasteiger charge is 2.99. The van der Waals surface area contributed by atoms with Crippen molar-refractivity contribution >= 4 is 200 Å². The summed E-state index contributed by atoms with van der Waals surface area (Å²) in [7, 11) is -22.6. The van der Waals surface area contributed by atoms with Gasteiger partial charge in [0.15, 0.2) is 0 Å². The van der Waals surface area contributed by atoms with Crippen LogP contribution in [0.15, 0.2) is 0 Å². The van der Waals surface area contributed by atoms with Gasteiger partial charge in [0.2, 0.25) is 0 Å². The first-order valence-corrected chi connectivity index (χ1v) is 64.7. The predicted octanol–water partition coefficient (Wildman–Crippen LogP) is 22.8. The van der Waals surface area contributed by atoms with Crippen molar-refractivity contribution in [3.63, 3.8) is 0 Å². The minimum atomic E-state index is -4.20. The van der Waals surface area contributed by atoms with E-state index in [0.717, 1.165) is 135 Å². The van der Waals surface area contributed by atoms with Gasteiger partial charge < -0.3 is 53.1 Å². The molecule has 9 aliphatic rings. The van der Waals surface area contributed by atoms with Gasteiger partial charge in [-0.25, -0.2) is 0 Å². The molecule has 9 fully saturated rings. The Bertz CT molecular complexity index is 2260. The Balaban J connectivity index is 1.76. The minimum Gasteiger partial charge on any atom is -0.373 e. The Morgan fingerprint density at radius 2 is 0.443 bits per heavy atom. The van der Waals surface area contributed by atoms with Crippen LogP contribution in [0.3, 0.4) is 0 Å². The molecule has 32 heteroatoms. The van der Waals surface area contributed by atoms with Gasteiger partial charge in [0.05, 0.1) is 25.6 Å². The summed E-state index contributed by atoms with van der Waals surface area (Å²) >= 11 is 55.5. The van der Waals surface area contributed by atoms with Crippen LogP contribution in [0, 0.1) is 45.3 Å². The van der Waals surface area contributed by atoms with E-state index in [-0.39, 0.29) is 0 Å². The molecule has 0 aromatic rings. The van der Waals surface area contributed by atoms with Gasteiger partial charge in [-0.05, 0) is 315 Å². The molecule has 16 atom stereocenters. The summed E-state index contributed by atoms with van der Waals surface area (Å²) < 4.78 is 90.1. The molecular formula is C65H130O12S16Si4. The van der Waals surface area contributed by atoms with Crippen LogP contribution in [0.1, 0.15) is 258 Å². The molecule has 9 saturated carbocycles. The molecule has 0 aromatic carbocycles. The zero-order valence-electron chi connectivity index (χ0n) is 61.8. The van der Waals surface area contributed by atoms with Crippen LogP contribution in [0.25, 0.3) is 0 Å². The highest BCUT2D eigenvalue weighted by Crippen LogP contribution is 3.16. The molecule has 0 amide bonds. The van der Waals surface area contributed by atoms with Crippen molar-refractivity contribution in [2.24, 2.45) is 45.3 Å². The Hall–Kier alpha value is 5.99. The lowest BCUT2D eigenvalue weighted by atomic mass is 9.80. The molecular weight excluding hydrogens is 1600 g/mol. The normalized spacial score (nSPS) is 40.9. The highest BCUT2D eigenvalue weighted by atomic mass is 33.8. The summed E-state index contributed by atoms with van der Waals surface area (Å²) in [5, 5.41) is 0. The van der Waals surface area contributed by atoms with Crippen LogP contribution < -0.4 is 0 Å². The van der Waals surface area contributed by atoms with E-state index in [4.69, 9.17) is 146 Å². The fraction of sp³-hybridized carbons (Fsp3) is 1.00. The van der Waals surface area contributed by atoms with Gasteiger partial charge in [-0.15, -0.1) is 126 Å². The van der Waals surface area contributed by atoms with Gasteiger partial charge >= 0.3 is 35.2 Å². The molecule has 0 aromatic heterocycles. The van der Waals surface area contributed by atoms with Crippen molar-refractivity contribution in [2.75, 3.05) is 79.3 Å². The number of thiol groups is 8. The second-order valence-electron chi connectivity index (χ2n) is 29.3. The standard InChI is InChI=1S/C65H130O12S16Si4/c1-17-56-40-34-52(44-56)48-62(56,94(66-21-5,67-22-6)68-23-7)90(82,86-78)60(91(83,87-79)63(49-53-35-41-57(63,18-2)45-53)95(69-24-8,70-25-9)71-26-10)38-33-39-61(60,92(84,88-80)64(50-54-36-42-58(64,19-3)46-54)96(72-27-11,73-28-12)74-29-13)93(85,89-81)65(51-55-37-43-59(65,20-4)47-55)97(75-30-14,76-31-15)77-32-16/h52-55,78-85H,17-51H2,1-16H3. The highest BCUT2D eigenvalue weighted by molar-refractivity contribution is 9.45. The molecule has 0 spiro atoms. The third-order valence-corrected chi connectivity index (χ3v) is 103. The number of hydrogen-bond donors (Lipinski definition) is 8. The smallest absolute Gasteiger partial charge is 0.373 e. The molecule has 0 saturated heterocycles.